The number of nitrogens with one attached hydrogen (secondary N) is 2. The fourth-order valence-electron chi connectivity index (χ4n) is 8.74. The second-order valence-corrected chi connectivity index (χ2v) is 19.5. The number of methoxy groups -OCH3 is 1. The van der Waals surface area contributed by atoms with E-state index in [4.69, 9.17) is 9.47 Å². The van der Waals surface area contributed by atoms with Crippen molar-refractivity contribution in [3.63, 3.8) is 0 Å². The molecule has 0 bridgehead atoms. The van der Waals surface area contributed by atoms with Crippen LogP contribution in [0, 0.1) is 11.8 Å². The number of hydrogen-bond acceptors (Lipinski definition) is 9. The number of carboxylic acid groups (broad SMARTS) is 1. The van der Waals surface area contributed by atoms with Crippen molar-refractivity contribution in [3.05, 3.63) is 41.6 Å². The monoisotopic (exact) mass is 851 g/mol. The van der Waals surface area contributed by atoms with Crippen molar-refractivity contribution in [1.82, 2.24) is 24.8 Å². The summed E-state index contributed by atoms with van der Waals surface area (Å²) >= 11 is 0. The number of benzene rings is 1. The summed E-state index contributed by atoms with van der Waals surface area (Å²) in [5, 5.41) is 13.1. The quantitative estimate of drug-likeness (QED) is 0.228. The van der Waals surface area contributed by atoms with E-state index in [9.17, 15) is 45.9 Å². The lowest BCUT2D eigenvalue weighted by molar-refractivity contribution is -0.145. The van der Waals surface area contributed by atoms with Crippen LogP contribution in [0.1, 0.15) is 102 Å². The lowest BCUT2D eigenvalue weighted by atomic mass is 9.85. The van der Waals surface area contributed by atoms with Crippen molar-refractivity contribution >= 4 is 44.7 Å². The van der Waals surface area contributed by atoms with E-state index in [2.05, 4.69) is 15.0 Å². The minimum atomic E-state index is -5.12. The van der Waals surface area contributed by atoms with Crippen molar-refractivity contribution in [3.8, 4) is 11.5 Å². The lowest BCUT2D eigenvalue weighted by Crippen LogP contribution is -2.59. The van der Waals surface area contributed by atoms with Crippen molar-refractivity contribution in [2.24, 2.45) is 11.8 Å². The van der Waals surface area contributed by atoms with Crippen LogP contribution in [0.4, 0.5) is 22.4 Å². The van der Waals surface area contributed by atoms with E-state index >= 15 is 4.39 Å². The van der Waals surface area contributed by atoms with E-state index in [0.717, 1.165) is 9.80 Å². The molecule has 7 rings (SSSR count). The smallest absolute Gasteiger partial charge is 0.437 e. The van der Waals surface area contributed by atoms with Gasteiger partial charge in [-0.15, -0.1) is 0 Å². The molecule has 3 fully saturated rings. The lowest BCUT2D eigenvalue weighted by Gasteiger charge is -2.39. The zero-order chi connectivity index (χ0) is 42.9. The zero-order valence-corrected chi connectivity index (χ0v) is 34.1. The molecule has 0 unspecified atom stereocenters. The van der Waals surface area contributed by atoms with Crippen LogP contribution in [-0.4, -0.2) is 100 Å². The van der Waals surface area contributed by atoms with Gasteiger partial charge in [-0.2, -0.15) is 13.2 Å². The van der Waals surface area contributed by atoms with Crippen molar-refractivity contribution in [2.45, 2.75) is 125 Å². The maximum absolute atomic E-state index is 16.8. The molecule has 2 aromatic rings. The van der Waals surface area contributed by atoms with Crippen LogP contribution in [-0.2, 0) is 30.6 Å². The molecule has 322 valence electrons. The van der Waals surface area contributed by atoms with E-state index in [1.54, 1.807) is 19.9 Å². The van der Waals surface area contributed by atoms with E-state index in [1.165, 1.54) is 32.2 Å². The zero-order valence-electron chi connectivity index (χ0n) is 33.2. The topological polar surface area (TPSA) is 185 Å². The van der Waals surface area contributed by atoms with Gasteiger partial charge >= 0.3 is 12.3 Å². The summed E-state index contributed by atoms with van der Waals surface area (Å²) in [5.41, 5.74) is -5.82. The Labute approximate surface area is 339 Å². The predicted molar refractivity (Wildman–Crippen MR) is 205 cm³/mol. The summed E-state index contributed by atoms with van der Waals surface area (Å²) in [7, 11) is -2.81. The third kappa shape index (κ3) is 7.90. The Morgan fingerprint density at radius 3 is 2.53 bits per heavy atom. The Bertz CT molecular complexity index is 2200. The molecule has 1 aromatic heterocycles. The molecule has 6 atom stereocenters. The number of ether oxygens (including phenoxy) is 2. The molecule has 5 aliphatic rings. The average molecular weight is 852 g/mol. The normalized spacial score (nSPS) is 29.9. The number of fused-ring (bicyclic) bond motifs is 5. The Morgan fingerprint density at radius 2 is 1.88 bits per heavy atom. The maximum atomic E-state index is 16.8. The van der Waals surface area contributed by atoms with Gasteiger partial charge in [0.25, 0.3) is 5.91 Å². The van der Waals surface area contributed by atoms with Gasteiger partial charge in [0.1, 0.15) is 35.1 Å². The average Bonchev–Trinajstić information content (AvgIpc) is 4.05. The van der Waals surface area contributed by atoms with Gasteiger partial charge in [0, 0.05) is 36.3 Å². The molecule has 1 saturated heterocycles. The molecular weight excluding hydrogens is 803 g/mol. The first kappa shape index (κ1) is 42.4. The molecule has 2 aliphatic carbocycles. The number of halogens is 4. The number of hydrogen-bond donors (Lipinski definition) is 3. The van der Waals surface area contributed by atoms with Gasteiger partial charge in [-0.05, 0) is 69.6 Å². The molecule has 3 aliphatic heterocycles. The summed E-state index contributed by atoms with van der Waals surface area (Å²) in [6.45, 7) is 4.35. The molecule has 1 aromatic carbocycles. The summed E-state index contributed by atoms with van der Waals surface area (Å²) in [5.74, 6) is -4.32. The number of allylic oxidation sites excluding steroid dienone is 1. The Hall–Kier alpha value is -4.68. The van der Waals surface area contributed by atoms with Crippen molar-refractivity contribution in [2.75, 3.05) is 20.2 Å². The standard InChI is InChI=1S/C40H49F4N5O9S/c1-22(2)20-48(36(53)54)28-11-9-7-5-6-8-10-23-17-39(23,35(52)47-59(55,56)37(3)14-15-37)46-33(50)29-19-38(21-49(29)34(28)51)18-26(41)30-25-16-24(57-4)12-13-27(25)45-32(31(30)58-38)40(42,43)44/h8,10,12-13,16,22-23,26,28-29H,5-7,9,11,14-15,17-21H2,1-4H3,(H,46,50)(H,47,52)(H,53,54)/b10-8-/t23-,26-,28+,29+,38-,39-/m1/s1. The highest BCUT2D eigenvalue weighted by molar-refractivity contribution is 7.91. The summed E-state index contributed by atoms with van der Waals surface area (Å²) in [4.78, 5) is 62.1. The summed E-state index contributed by atoms with van der Waals surface area (Å²) < 4.78 is 100.0. The molecule has 4 amide bonds. The van der Waals surface area contributed by atoms with Crippen LogP contribution in [0.5, 0.6) is 11.5 Å². The molecule has 3 N–H and O–H groups in total. The Morgan fingerprint density at radius 1 is 1.15 bits per heavy atom. The third-order valence-electron chi connectivity index (χ3n) is 12.4. The first-order chi connectivity index (χ1) is 27.6. The van der Waals surface area contributed by atoms with E-state index in [1.807, 2.05) is 6.08 Å². The summed E-state index contributed by atoms with van der Waals surface area (Å²) in [6.07, 6.45) is -3.34. The van der Waals surface area contributed by atoms with E-state index < -0.39 is 116 Å². The van der Waals surface area contributed by atoms with Gasteiger partial charge in [-0.25, -0.2) is 22.6 Å². The number of sulfonamides is 1. The van der Waals surface area contributed by atoms with E-state index in [-0.39, 0.29) is 42.0 Å². The first-order valence-corrected chi connectivity index (χ1v) is 21.4. The minimum Gasteiger partial charge on any atom is -0.497 e. The van der Waals surface area contributed by atoms with Crippen molar-refractivity contribution < 1.29 is 59.7 Å². The maximum Gasteiger partial charge on any atom is 0.437 e. The molecule has 19 heteroatoms. The van der Waals surface area contributed by atoms with Crippen LogP contribution in [0.25, 0.3) is 10.9 Å². The largest absolute Gasteiger partial charge is 0.497 e. The van der Waals surface area contributed by atoms with Gasteiger partial charge in [0.15, 0.2) is 11.4 Å². The molecule has 1 spiro atoms. The van der Waals surface area contributed by atoms with Gasteiger partial charge in [0.2, 0.25) is 21.8 Å². The number of alkyl halides is 4. The SMILES string of the molecule is COc1ccc2nc(C(F)(F)F)c3c(c2c1)[C@H](F)C[C@]1(C[C@H]2C(=O)N[C@]4(C(=O)NS(=O)(=O)C5(C)CC5)C[C@H]4/C=C\CCCCC[C@H](N(CC(C)C)C(=O)O)C(=O)N2C1)O3. The Kier molecular flexibility index (Phi) is 10.9. The highest BCUT2D eigenvalue weighted by atomic mass is 32.2. The fraction of sp³-hybridized carbons (Fsp3) is 0.625. The fourth-order valence-corrected chi connectivity index (χ4v) is 10.1. The minimum absolute atomic E-state index is 0.0104. The number of rotatable bonds is 7. The molecule has 59 heavy (non-hydrogen) atoms. The van der Waals surface area contributed by atoms with Crippen LogP contribution in [0.2, 0.25) is 0 Å². The number of carbonyl (C=O) groups is 4. The van der Waals surface area contributed by atoms with Crippen molar-refractivity contribution in [1.29, 1.82) is 0 Å². The van der Waals surface area contributed by atoms with Crippen LogP contribution in [0.15, 0.2) is 30.4 Å². The molecular formula is C40H49F4N5O9S. The third-order valence-corrected chi connectivity index (χ3v) is 14.6. The summed E-state index contributed by atoms with van der Waals surface area (Å²) in [6, 6.07) is 1.06. The van der Waals surface area contributed by atoms with Gasteiger partial charge in [-0.3, -0.25) is 24.0 Å². The molecule has 14 nitrogen and oxygen atoms in total. The van der Waals surface area contributed by atoms with Gasteiger partial charge in [-0.1, -0.05) is 38.8 Å². The predicted octanol–water partition coefficient (Wildman–Crippen LogP) is 5.79. The highest BCUT2D eigenvalue weighted by Gasteiger charge is 2.64. The van der Waals surface area contributed by atoms with Crippen LogP contribution < -0.4 is 19.5 Å². The van der Waals surface area contributed by atoms with Crippen LogP contribution in [0.3, 0.4) is 0 Å². The first-order valence-electron chi connectivity index (χ1n) is 19.9. The number of nitrogens with zero attached hydrogens (tertiary/aromatic N) is 3. The second-order valence-electron chi connectivity index (χ2n) is 17.3. The Balaban J connectivity index is 1.32. The number of carbonyl (C=O) groups excluding carboxylic acids is 3. The molecule has 0 radical (unpaired) electrons. The number of pyridine rings is 1. The van der Waals surface area contributed by atoms with Gasteiger partial charge in [0.05, 0.1) is 23.9 Å². The number of aromatic nitrogens is 1. The van der Waals surface area contributed by atoms with Crippen LogP contribution >= 0.6 is 0 Å². The molecule has 2 saturated carbocycles. The van der Waals surface area contributed by atoms with Gasteiger partial charge < -0.3 is 24.8 Å². The molecule has 4 heterocycles. The second kappa shape index (κ2) is 15.1. The van der Waals surface area contributed by atoms with E-state index in [0.29, 0.717) is 38.5 Å². The number of amides is 4. The highest BCUT2D eigenvalue weighted by Crippen LogP contribution is 2.54.